The van der Waals surface area contributed by atoms with E-state index in [1.165, 1.54) is 0 Å². The van der Waals surface area contributed by atoms with Gasteiger partial charge in [0.15, 0.2) is 0 Å². The van der Waals surface area contributed by atoms with Crippen LogP contribution in [-0.2, 0) is 0 Å². The van der Waals surface area contributed by atoms with Gasteiger partial charge in [0.2, 0.25) is 0 Å². The molecule has 1 N–H and O–H groups in total. The molecule has 0 aromatic rings. The van der Waals surface area contributed by atoms with Crippen LogP contribution in [0.4, 0.5) is 0 Å². The first-order valence-corrected chi connectivity index (χ1v) is 5.73. The topological polar surface area (TPSA) is 23.5 Å². The summed E-state index contributed by atoms with van der Waals surface area (Å²) in [6.07, 6.45) is 3.09. The molecule has 2 atom stereocenters. The summed E-state index contributed by atoms with van der Waals surface area (Å²) in [7, 11) is 2.12. The third-order valence-corrected chi connectivity index (χ3v) is 3.66. The van der Waals surface area contributed by atoms with Gasteiger partial charge in [0.1, 0.15) is 0 Å². The van der Waals surface area contributed by atoms with Gasteiger partial charge < -0.3 is 5.11 Å². The highest BCUT2D eigenvalue weighted by Crippen LogP contribution is 2.37. The van der Waals surface area contributed by atoms with Crippen molar-refractivity contribution in [2.45, 2.75) is 65.1 Å². The van der Waals surface area contributed by atoms with Crippen molar-refractivity contribution in [1.82, 2.24) is 4.90 Å². The van der Waals surface area contributed by atoms with Crippen LogP contribution in [0.1, 0.15) is 47.0 Å². The quantitative estimate of drug-likeness (QED) is 0.737. The number of hydrogen-bond acceptors (Lipinski definition) is 2. The Balaban J connectivity index is 2.65. The highest BCUT2D eigenvalue weighted by atomic mass is 16.3. The number of hydrogen-bond donors (Lipinski definition) is 1. The molecule has 84 valence electrons. The van der Waals surface area contributed by atoms with Gasteiger partial charge in [-0.2, -0.15) is 0 Å². The van der Waals surface area contributed by atoms with Gasteiger partial charge in [-0.15, -0.1) is 0 Å². The number of nitrogens with zero attached hydrogens (tertiary/aromatic N) is 1. The first-order valence-electron chi connectivity index (χ1n) is 5.73. The van der Waals surface area contributed by atoms with Crippen LogP contribution >= 0.6 is 0 Å². The average Bonchev–Trinajstić information content (AvgIpc) is 2.08. The molecular formula is C12H25NO. The highest BCUT2D eigenvalue weighted by Gasteiger charge is 2.36. The fourth-order valence-corrected chi connectivity index (χ4v) is 2.33. The average molecular weight is 199 g/mol. The molecule has 1 aliphatic carbocycles. The van der Waals surface area contributed by atoms with Crippen molar-refractivity contribution >= 4 is 0 Å². The van der Waals surface area contributed by atoms with E-state index in [-0.39, 0.29) is 6.10 Å². The Bertz CT molecular complexity index is 189. The summed E-state index contributed by atoms with van der Waals surface area (Å²) in [5.41, 5.74) is 0.396. The summed E-state index contributed by atoms with van der Waals surface area (Å²) in [6, 6.07) is 0.863. The molecule has 0 radical (unpaired) electrons. The fourth-order valence-electron chi connectivity index (χ4n) is 2.33. The second-order valence-electron chi connectivity index (χ2n) is 5.80. The van der Waals surface area contributed by atoms with Crippen LogP contribution in [0.25, 0.3) is 0 Å². The Kier molecular flexibility index (Phi) is 3.59. The van der Waals surface area contributed by atoms with Crippen LogP contribution in [0.15, 0.2) is 0 Å². The molecule has 1 fully saturated rings. The van der Waals surface area contributed by atoms with Crippen LogP contribution in [0, 0.1) is 5.41 Å². The summed E-state index contributed by atoms with van der Waals surface area (Å²) < 4.78 is 0. The molecule has 0 aromatic carbocycles. The molecule has 2 heteroatoms. The normalized spacial score (nSPS) is 32.6. The minimum Gasteiger partial charge on any atom is -0.391 e. The van der Waals surface area contributed by atoms with Crippen LogP contribution in [0.5, 0.6) is 0 Å². The van der Waals surface area contributed by atoms with Crippen molar-refractivity contribution < 1.29 is 5.11 Å². The van der Waals surface area contributed by atoms with E-state index in [2.05, 4.69) is 39.6 Å². The molecule has 1 aliphatic rings. The molecule has 0 aromatic heterocycles. The Morgan fingerprint density at radius 2 is 1.93 bits per heavy atom. The Hall–Kier alpha value is -0.0800. The van der Waals surface area contributed by atoms with Crippen LogP contribution in [0.3, 0.4) is 0 Å². The highest BCUT2D eigenvalue weighted by molar-refractivity contribution is 4.90. The molecule has 0 heterocycles. The minimum atomic E-state index is -0.129. The largest absolute Gasteiger partial charge is 0.391 e. The van der Waals surface area contributed by atoms with Gasteiger partial charge in [-0.05, 0) is 45.6 Å². The molecule has 0 aliphatic heterocycles. The molecule has 2 nitrogen and oxygen atoms in total. The van der Waals surface area contributed by atoms with E-state index in [1.807, 2.05) is 0 Å². The van der Waals surface area contributed by atoms with Crippen molar-refractivity contribution in [3.05, 3.63) is 0 Å². The molecule has 1 saturated carbocycles. The number of rotatable bonds is 2. The molecule has 14 heavy (non-hydrogen) atoms. The lowest BCUT2D eigenvalue weighted by Gasteiger charge is -2.44. The number of aliphatic hydroxyl groups excluding tert-OH is 1. The molecule has 1 rings (SSSR count). The lowest BCUT2D eigenvalue weighted by molar-refractivity contribution is -0.0177. The zero-order chi connectivity index (χ0) is 10.9. The van der Waals surface area contributed by atoms with Gasteiger partial charge in [-0.1, -0.05) is 13.8 Å². The van der Waals surface area contributed by atoms with Crippen LogP contribution in [0.2, 0.25) is 0 Å². The van der Waals surface area contributed by atoms with Gasteiger partial charge in [-0.25, -0.2) is 0 Å². The monoisotopic (exact) mass is 199 g/mol. The van der Waals surface area contributed by atoms with E-state index in [0.29, 0.717) is 17.5 Å². The van der Waals surface area contributed by atoms with E-state index in [4.69, 9.17) is 0 Å². The molecule has 0 saturated heterocycles. The van der Waals surface area contributed by atoms with E-state index in [1.54, 1.807) is 0 Å². The van der Waals surface area contributed by atoms with E-state index in [9.17, 15) is 5.11 Å². The summed E-state index contributed by atoms with van der Waals surface area (Å²) in [5.74, 6) is 0. The second-order valence-corrected chi connectivity index (χ2v) is 5.80. The molecule has 2 unspecified atom stereocenters. The predicted octanol–water partition coefficient (Wildman–Crippen LogP) is 2.27. The zero-order valence-electron chi connectivity index (χ0n) is 10.2. The van der Waals surface area contributed by atoms with E-state index < -0.39 is 0 Å². The second kappa shape index (κ2) is 4.19. The van der Waals surface area contributed by atoms with Crippen molar-refractivity contribution in [2.24, 2.45) is 5.41 Å². The Labute approximate surface area is 88.3 Å². The molecule has 0 spiro atoms. The lowest BCUT2D eigenvalue weighted by Crippen LogP contribution is -2.49. The Morgan fingerprint density at radius 1 is 1.36 bits per heavy atom. The van der Waals surface area contributed by atoms with Crippen molar-refractivity contribution in [3.63, 3.8) is 0 Å². The molecule has 0 bridgehead atoms. The first-order chi connectivity index (χ1) is 6.33. The summed E-state index contributed by atoms with van der Waals surface area (Å²) in [4.78, 5) is 2.31. The number of likely N-dealkylation sites (N-methyl/N-ethyl adjacent to an activating group) is 1. The van der Waals surface area contributed by atoms with Crippen molar-refractivity contribution in [3.8, 4) is 0 Å². The van der Waals surface area contributed by atoms with Crippen molar-refractivity contribution in [2.75, 3.05) is 7.05 Å². The maximum Gasteiger partial charge on any atom is 0.0695 e. The minimum absolute atomic E-state index is 0.129. The van der Waals surface area contributed by atoms with Crippen LogP contribution in [-0.4, -0.2) is 35.2 Å². The SMILES string of the molecule is CC(C)N(C)C1CC(C)(C)CCC1O. The summed E-state index contributed by atoms with van der Waals surface area (Å²) >= 11 is 0. The van der Waals surface area contributed by atoms with Gasteiger partial charge in [0.25, 0.3) is 0 Å². The summed E-state index contributed by atoms with van der Waals surface area (Å²) in [6.45, 7) is 8.99. The predicted molar refractivity (Wildman–Crippen MR) is 60.3 cm³/mol. The third kappa shape index (κ3) is 2.71. The Morgan fingerprint density at radius 3 is 2.43 bits per heavy atom. The van der Waals surface area contributed by atoms with Gasteiger partial charge >= 0.3 is 0 Å². The molecule has 0 amide bonds. The fraction of sp³-hybridized carbons (Fsp3) is 1.00. The lowest BCUT2D eigenvalue weighted by atomic mass is 9.73. The molecular weight excluding hydrogens is 174 g/mol. The third-order valence-electron chi connectivity index (χ3n) is 3.66. The van der Waals surface area contributed by atoms with Gasteiger partial charge in [0.05, 0.1) is 6.10 Å². The van der Waals surface area contributed by atoms with Crippen molar-refractivity contribution in [1.29, 1.82) is 0 Å². The smallest absolute Gasteiger partial charge is 0.0695 e. The maximum atomic E-state index is 9.98. The standard InChI is InChI=1S/C12H25NO/c1-9(2)13(5)10-8-12(3,4)7-6-11(10)14/h9-11,14H,6-8H2,1-5H3. The van der Waals surface area contributed by atoms with E-state index in [0.717, 1.165) is 19.3 Å². The summed E-state index contributed by atoms with van der Waals surface area (Å²) in [5, 5.41) is 9.98. The van der Waals surface area contributed by atoms with Gasteiger partial charge in [0, 0.05) is 12.1 Å². The van der Waals surface area contributed by atoms with Gasteiger partial charge in [-0.3, -0.25) is 4.90 Å². The zero-order valence-corrected chi connectivity index (χ0v) is 10.2. The first kappa shape index (κ1) is 12.0. The van der Waals surface area contributed by atoms with Crippen LogP contribution < -0.4 is 0 Å². The maximum absolute atomic E-state index is 9.98. The number of aliphatic hydroxyl groups is 1. The van der Waals surface area contributed by atoms with E-state index >= 15 is 0 Å².